The van der Waals surface area contributed by atoms with Gasteiger partial charge in [0.05, 0.1) is 0 Å². The lowest BCUT2D eigenvalue weighted by Gasteiger charge is -2.23. The van der Waals surface area contributed by atoms with Gasteiger partial charge in [-0.25, -0.2) is 0 Å². The molecule has 0 aromatic rings. The summed E-state index contributed by atoms with van der Waals surface area (Å²) in [5.74, 6) is -1.59. The molecule has 0 aromatic heterocycles. The van der Waals surface area contributed by atoms with Crippen LogP contribution in [0, 0.1) is 0 Å². The maximum Gasteiger partial charge on any atom is 0.231 e. The maximum atomic E-state index is 11.2. The molecule has 3 nitrogen and oxygen atoms in total. The van der Waals surface area contributed by atoms with Gasteiger partial charge in [0.15, 0.2) is 5.85 Å². The first-order chi connectivity index (χ1) is 4.72. The highest BCUT2D eigenvalue weighted by atomic mass is 35.6. The monoisotopic (exact) mass is 240 g/mol. The van der Waals surface area contributed by atoms with Crippen LogP contribution in [0.4, 0.5) is 0 Å². The fourth-order valence-electron chi connectivity index (χ4n) is 0.366. The van der Waals surface area contributed by atoms with Gasteiger partial charge in [-0.05, 0) is 0 Å². The van der Waals surface area contributed by atoms with E-state index in [4.69, 9.17) is 39.9 Å². The molecule has 0 saturated carbocycles. The van der Waals surface area contributed by atoms with Crippen LogP contribution in [0.15, 0.2) is 0 Å². The van der Waals surface area contributed by atoms with Crippen molar-refractivity contribution >= 4 is 42.2 Å². The van der Waals surface area contributed by atoms with Crippen molar-refractivity contribution in [2.24, 2.45) is 0 Å². The molecule has 0 bridgehead atoms. The number of halogens is 3. The van der Waals surface area contributed by atoms with E-state index >= 15 is 0 Å². The quantitative estimate of drug-likeness (QED) is 0.596. The van der Waals surface area contributed by atoms with Crippen LogP contribution in [-0.2, 0) is 9.09 Å². The van der Waals surface area contributed by atoms with Gasteiger partial charge in [-0.1, -0.05) is 34.8 Å². The predicted octanol–water partition coefficient (Wildman–Crippen LogP) is 2.23. The van der Waals surface area contributed by atoms with Gasteiger partial charge in [-0.15, -0.1) is 0 Å². The Kier molecular flexibility index (Phi) is 4.17. The minimum atomic E-state index is -3.23. The van der Waals surface area contributed by atoms with E-state index in [0.717, 1.165) is 0 Å². The first-order valence-electron chi connectivity index (χ1n) is 2.59. The van der Waals surface area contributed by atoms with E-state index in [9.17, 15) is 4.57 Å². The van der Waals surface area contributed by atoms with Crippen molar-refractivity contribution in [3.63, 3.8) is 0 Å². The first kappa shape index (κ1) is 12.0. The highest BCUT2D eigenvalue weighted by molar-refractivity contribution is 7.59. The molecule has 2 atom stereocenters. The Balaban J connectivity index is 4.49. The van der Waals surface area contributed by atoms with Gasteiger partial charge in [0.1, 0.15) is 0 Å². The number of rotatable bonds is 2. The third kappa shape index (κ3) is 3.49. The molecule has 0 saturated heterocycles. The van der Waals surface area contributed by atoms with Gasteiger partial charge in [0.2, 0.25) is 11.2 Å². The van der Waals surface area contributed by atoms with Gasteiger partial charge in [-0.2, -0.15) is 0 Å². The fraction of sp³-hybridized carbons (Fsp3) is 1.00. The van der Waals surface area contributed by atoms with Crippen LogP contribution in [0.5, 0.6) is 0 Å². The summed E-state index contributed by atoms with van der Waals surface area (Å²) in [6, 6.07) is 0. The average Bonchev–Trinajstić information content (AvgIpc) is 1.84. The zero-order valence-electron chi connectivity index (χ0n) is 5.92. The molecule has 0 heterocycles. The van der Waals surface area contributed by atoms with E-state index in [1.807, 2.05) is 0 Å². The van der Waals surface area contributed by atoms with Crippen LogP contribution in [0.1, 0.15) is 0 Å². The van der Waals surface area contributed by atoms with E-state index in [1.165, 1.54) is 13.8 Å². The minimum Gasteiger partial charge on any atom is -0.379 e. The third-order valence-electron chi connectivity index (χ3n) is 1.10. The Morgan fingerprint density at radius 3 is 2.00 bits per heavy atom. The normalized spacial score (nSPS) is 20.9. The topological polar surface area (TPSA) is 46.5 Å². The summed E-state index contributed by atoms with van der Waals surface area (Å²) in [6.45, 7) is 1.19. The summed E-state index contributed by atoms with van der Waals surface area (Å²) in [6.07, 6.45) is 0. The molecule has 0 aliphatic rings. The lowest BCUT2D eigenvalue weighted by atomic mass is 10.8. The molecule has 2 unspecified atom stereocenters. The SMILES string of the molecule is COP(C)(=O)C(O)C(Cl)(Cl)Cl. The minimum absolute atomic E-state index is 1.18. The van der Waals surface area contributed by atoms with E-state index in [2.05, 4.69) is 4.52 Å². The number of hydrogen-bond donors (Lipinski definition) is 1. The standard InChI is InChI=1S/C4H8Cl3O3P/c1-10-11(2,9)3(8)4(5,6)7/h3,8H,1-2H3. The van der Waals surface area contributed by atoms with Gasteiger partial charge in [0, 0.05) is 13.8 Å². The number of aliphatic hydroxyl groups is 1. The van der Waals surface area contributed by atoms with Crippen molar-refractivity contribution in [1.29, 1.82) is 0 Å². The van der Waals surface area contributed by atoms with Gasteiger partial charge >= 0.3 is 0 Å². The molecule has 0 aliphatic heterocycles. The summed E-state index contributed by atoms with van der Waals surface area (Å²) < 4.78 is 13.7. The molecular weight excluding hydrogens is 233 g/mol. The van der Waals surface area contributed by atoms with Crippen molar-refractivity contribution in [2.45, 2.75) is 9.64 Å². The highest BCUT2D eigenvalue weighted by Gasteiger charge is 2.42. The van der Waals surface area contributed by atoms with Crippen LogP contribution in [0.2, 0.25) is 0 Å². The van der Waals surface area contributed by atoms with Gasteiger partial charge < -0.3 is 9.63 Å². The molecule has 0 fully saturated rings. The second-order valence-electron chi connectivity index (χ2n) is 2.01. The Bertz CT molecular complexity index is 178. The molecule has 1 N–H and O–H groups in total. The predicted molar refractivity (Wildman–Crippen MR) is 46.8 cm³/mol. The molecule has 0 amide bonds. The smallest absolute Gasteiger partial charge is 0.231 e. The molecular formula is C4H8Cl3O3P. The summed E-state index contributed by atoms with van der Waals surface area (Å²) in [5, 5.41) is 9.13. The van der Waals surface area contributed by atoms with Crippen molar-refractivity contribution in [3.05, 3.63) is 0 Å². The third-order valence-corrected chi connectivity index (χ3v) is 4.18. The number of hydrogen-bond acceptors (Lipinski definition) is 3. The number of aliphatic hydroxyl groups excluding tert-OH is 1. The van der Waals surface area contributed by atoms with Crippen LogP contribution in [0.3, 0.4) is 0 Å². The fourth-order valence-corrected chi connectivity index (χ4v) is 2.69. The zero-order chi connectivity index (χ0) is 9.28. The lowest BCUT2D eigenvalue weighted by molar-refractivity contribution is 0.226. The van der Waals surface area contributed by atoms with E-state index in [1.54, 1.807) is 0 Å². The summed E-state index contributed by atoms with van der Waals surface area (Å²) >= 11 is 15.8. The molecule has 68 valence electrons. The number of alkyl halides is 3. The summed E-state index contributed by atoms with van der Waals surface area (Å²) in [7, 11) is -2.05. The maximum absolute atomic E-state index is 11.2. The second-order valence-corrected chi connectivity index (χ2v) is 7.05. The Morgan fingerprint density at radius 1 is 1.55 bits per heavy atom. The molecule has 0 rings (SSSR count). The van der Waals surface area contributed by atoms with Crippen molar-refractivity contribution in [1.82, 2.24) is 0 Å². The van der Waals surface area contributed by atoms with Crippen LogP contribution in [-0.4, -0.2) is 28.5 Å². The van der Waals surface area contributed by atoms with Gasteiger partial charge in [0.25, 0.3) is 0 Å². The average molecular weight is 241 g/mol. The lowest BCUT2D eigenvalue weighted by Crippen LogP contribution is -2.25. The molecule has 7 heteroatoms. The summed E-state index contributed by atoms with van der Waals surface area (Å²) in [4.78, 5) is 0. The van der Waals surface area contributed by atoms with Crippen LogP contribution >= 0.6 is 42.2 Å². The molecule has 11 heavy (non-hydrogen) atoms. The van der Waals surface area contributed by atoms with E-state index in [0.29, 0.717) is 0 Å². The molecule has 0 spiro atoms. The summed E-state index contributed by atoms with van der Waals surface area (Å²) in [5.41, 5.74) is 0. The molecule has 0 aliphatic carbocycles. The van der Waals surface area contributed by atoms with Crippen LogP contribution in [0.25, 0.3) is 0 Å². The Hall–Kier alpha value is 1.02. The van der Waals surface area contributed by atoms with Crippen molar-refractivity contribution in [2.75, 3.05) is 13.8 Å². The second kappa shape index (κ2) is 3.82. The van der Waals surface area contributed by atoms with E-state index < -0.39 is 17.0 Å². The largest absolute Gasteiger partial charge is 0.379 e. The molecule has 0 aromatic carbocycles. The van der Waals surface area contributed by atoms with Crippen molar-refractivity contribution in [3.8, 4) is 0 Å². The van der Waals surface area contributed by atoms with Crippen LogP contribution < -0.4 is 0 Å². The van der Waals surface area contributed by atoms with E-state index in [-0.39, 0.29) is 0 Å². The first-order valence-corrected chi connectivity index (χ1v) is 5.87. The Morgan fingerprint density at radius 2 is 1.91 bits per heavy atom. The van der Waals surface area contributed by atoms with Crippen molar-refractivity contribution < 1.29 is 14.2 Å². The Labute approximate surface area is 80.0 Å². The highest BCUT2D eigenvalue weighted by Crippen LogP contribution is 2.54. The van der Waals surface area contributed by atoms with Gasteiger partial charge in [-0.3, -0.25) is 4.57 Å². The zero-order valence-corrected chi connectivity index (χ0v) is 9.08. The molecule has 0 radical (unpaired) electrons.